The van der Waals surface area contributed by atoms with Crippen LogP contribution >= 0.6 is 0 Å². The van der Waals surface area contributed by atoms with Crippen molar-refractivity contribution in [2.75, 3.05) is 0 Å². The van der Waals surface area contributed by atoms with Gasteiger partial charge in [0.05, 0.1) is 0 Å². The van der Waals surface area contributed by atoms with E-state index in [2.05, 4.69) is 0 Å². The fraction of sp³-hybridized carbons (Fsp3) is 0.125. The largest absolute Gasteiger partial charge is 0.479 e. The van der Waals surface area contributed by atoms with Crippen LogP contribution in [0.5, 0.6) is 0 Å². The van der Waals surface area contributed by atoms with Crippen LogP contribution in [-0.2, 0) is 37.5 Å². The molecule has 4 heteroatoms. The van der Waals surface area contributed by atoms with Crippen molar-refractivity contribution in [3.05, 3.63) is 35.9 Å². The van der Waals surface area contributed by atoms with Gasteiger partial charge < -0.3 is 10.2 Å². The minimum absolute atomic E-state index is 0. The van der Waals surface area contributed by atoms with Gasteiger partial charge >= 0.3 is 5.97 Å². The predicted octanol–water partition coefficient (Wildman–Crippen LogP) is 0.802. The van der Waals surface area contributed by atoms with E-state index < -0.39 is 12.1 Å². The van der Waals surface area contributed by atoms with E-state index in [1.54, 1.807) is 30.3 Å². The zero-order valence-corrected chi connectivity index (χ0v) is 9.18. The smallest absolute Gasteiger partial charge is 0.337 e. The Labute approximate surface area is 95.3 Å². The summed E-state index contributed by atoms with van der Waals surface area (Å²) in [6.45, 7) is 0. The molecule has 1 radical (unpaired) electrons. The third kappa shape index (κ3) is 3.01. The topological polar surface area (TPSA) is 57.5 Å². The molecule has 0 amide bonds. The van der Waals surface area contributed by atoms with Gasteiger partial charge in [-0.1, -0.05) is 30.3 Å². The summed E-state index contributed by atoms with van der Waals surface area (Å²) >= 11 is 0. The number of hydrogen-bond acceptors (Lipinski definition) is 2. The molecule has 1 aromatic carbocycles. The van der Waals surface area contributed by atoms with Crippen LogP contribution in [0.1, 0.15) is 11.7 Å². The van der Waals surface area contributed by atoms with Gasteiger partial charge in [-0.05, 0) is 5.56 Å². The molecular formula is C8H8O3Y. The number of carboxylic acid groups (broad SMARTS) is 1. The number of aliphatic hydroxyl groups is 1. The van der Waals surface area contributed by atoms with Crippen LogP contribution in [0.4, 0.5) is 0 Å². The average molecular weight is 241 g/mol. The van der Waals surface area contributed by atoms with E-state index >= 15 is 0 Å². The van der Waals surface area contributed by atoms with Gasteiger partial charge in [-0.15, -0.1) is 0 Å². The van der Waals surface area contributed by atoms with Crippen molar-refractivity contribution in [2.45, 2.75) is 6.10 Å². The summed E-state index contributed by atoms with van der Waals surface area (Å²) in [6, 6.07) is 8.26. The summed E-state index contributed by atoms with van der Waals surface area (Å²) < 4.78 is 0. The molecule has 12 heavy (non-hydrogen) atoms. The van der Waals surface area contributed by atoms with Gasteiger partial charge in [0.15, 0.2) is 6.10 Å². The summed E-state index contributed by atoms with van der Waals surface area (Å²) in [5, 5.41) is 17.4. The van der Waals surface area contributed by atoms with Crippen LogP contribution in [0.2, 0.25) is 0 Å². The molecule has 0 saturated heterocycles. The van der Waals surface area contributed by atoms with Crippen molar-refractivity contribution in [3.8, 4) is 0 Å². The third-order valence-electron chi connectivity index (χ3n) is 1.35. The van der Waals surface area contributed by atoms with Crippen LogP contribution in [0.25, 0.3) is 0 Å². The predicted molar refractivity (Wildman–Crippen MR) is 39.0 cm³/mol. The fourth-order valence-corrected chi connectivity index (χ4v) is 0.778. The number of rotatable bonds is 2. The second-order valence-electron chi connectivity index (χ2n) is 2.15. The van der Waals surface area contributed by atoms with Crippen molar-refractivity contribution in [2.24, 2.45) is 0 Å². The quantitative estimate of drug-likeness (QED) is 0.805. The summed E-state index contributed by atoms with van der Waals surface area (Å²) in [7, 11) is 0. The first-order valence-electron chi connectivity index (χ1n) is 3.17. The van der Waals surface area contributed by atoms with Gasteiger partial charge in [0.1, 0.15) is 0 Å². The molecule has 1 aromatic rings. The van der Waals surface area contributed by atoms with Crippen LogP contribution in [0.15, 0.2) is 30.3 Å². The Kier molecular flexibility index (Phi) is 5.30. The van der Waals surface area contributed by atoms with Crippen LogP contribution in [0, 0.1) is 0 Å². The monoisotopic (exact) mass is 241 g/mol. The molecule has 2 N–H and O–H groups in total. The Balaban J connectivity index is 0.00000121. The van der Waals surface area contributed by atoms with E-state index in [0.29, 0.717) is 5.56 Å². The molecule has 0 bridgehead atoms. The van der Waals surface area contributed by atoms with E-state index in [-0.39, 0.29) is 32.7 Å². The molecule has 0 aromatic heterocycles. The number of carboxylic acids is 1. The maximum absolute atomic E-state index is 10.2. The van der Waals surface area contributed by atoms with Gasteiger partial charge in [0, 0.05) is 32.7 Å². The van der Waals surface area contributed by atoms with E-state index in [1.165, 1.54) is 0 Å². The van der Waals surface area contributed by atoms with Crippen molar-refractivity contribution in [1.82, 2.24) is 0 Å². The first kappa shape index (κ1) is 11.8. The summed E-state index contributed by atoms with van der Waals surface area (Å²) in [5.41, 5.74) is 0.403. The second kappa shape index (κ2) is 5.41. The number of aliphatic carboxylic acids is 1. The van der Waals surface area contributed by atoms with Crippen molar-refractivity contribution >= 4 is 5.97 Å². The second-order valence-corrected chi connectivity index (χ2v) is 2.15. The normalized spacial score (nSPS) is 11.4. The molecule has 0 fully saturated rings. The van der Waals surface area contributed by atoms with Crippen LogP contribution in [-0.4, -0.2) is 16.2 Å². The Morgan fingerprint density at radius 2 is 1.75 bits per heavy atom. The molecule has 1 rings (SSSR count). The van der Waals surface area contributed by atoms with Gasteiger partial charge in [-0.2, -0.15) is 0 Å². The van der Waals surface area contributed by atoms with E-state index in [9.17, 15) is 4.79 Å². The Bertz CT molecular complexity index is 248. The van der Waals surface area contributed by atoms with E-state index in [1.807, 2.05) is 0 Å². The molecule has 0 heterocycles. The summed E-state index contributed by atoms with van der Waals surface area (Å²) in [5.74, 6) is -1.23. The van der Waals surface area contributed by atoms with Crippen molar-refractivity contribution in [3.63, 3.8) is 0 Å². The van der Waals surface area contributed by atoms with E-state index in [4.69, 9.17) is 10.2 Å². The van der Waals surface area contributed by atoms with Crippen molar-refractivity contribution in [1.29, 1.82) is 0 Å². The molecule has 0 aliphatic rings. The van der Waals surface area contributed by atoms with Gasteiger partial charge in [-0.25, -0.2) is 4.79 Å². The first-order valence-corrected chi connectivity index (χ1v) is 3.17. The molecule has 0 aliphatic heterocycles. The first-order chi connectivity index (χ1) is 5.22. The van der Waals surface area contributed by atoms with Crippen LogP contribution in [0.3, 0.4) is 0 Å². The maximum Gasteiger partial charge on any atom is 0.337 e. The standard InChI is InChI=1S/C8H8O3.Y/c9-7(8(10)11)6-4-2-1-3-5-6;/h1-5,7,9H,(H,10,11);. The summed E-state index contributed by atoms with van der Waals surface area (Å²) in [4.78, 5) is 10.2. The number of aliphatic hydroxyl groups excluding tert-OH is 1. The Morgan fingerprint density at radius 1 is 1.25 bits per heavy atom. The summed E-state index contributed by atoms with van der Waals surface area (Å²) in [6.07, 6.45) is -1.41. The molecule has 0 spiro atoms. The van der Waals surface area contributed by atoms with Gasteiger partial charge in [0.2, 0.25) is 0 Å². The van der Waals surface area contributed by atoms with Crippen LogP contribution < -0.4 is 0 Å². The SMILES string of the molecule is O=C(O)C(O)c1ccccc1.[Y]. The average Bonchev–Trinajstić information content (AvgIpc) is 2.05. The minimum Gasteiger partial charge on any atom is -0.479 e. The molecule has 61 valence electrons. The maximum atomic E-state index is 10.2. The minimum atomic E-state index is -1.41. The Morgan fingerprint density at radius 3 is 2.17 bits per heavy atom. The Hall–Kier alpha value is -0.246. The van der Waals surface area contributed by atoms with Gasteiger partial charge in [-0.3, -0.25) is 0 Å². The molecule has 0 aliphatic carbocycles. The molecule has 3 nitrogen and oxygen atoms in total. The van der Waals surface area contributed by atoms with Gasteiger partial charge in [0.25, 0.3) is 0 Å². The zero-order chi connectivity index (χ0) is 8.27. The molecule has 1 unspecified atom stereocenters. The molecule has 0 saturated carbocycles. The molecular weight excluding hydrogens is 233 g/mol. The third-order valence-corrected chi connectivity index (χ3v) is 1.35. The fourth-order valence-electron chi connectivity index (χ4n) is 0.778. The number of benzene rings is 1. The van der Waals surface area contributed by atoms with E-state index in [0.717, 1.165) is 0 Å². The van der Waals surface area contributed by atoms with Crippen molar-refractivity contribution < 1.29 is 47.7 Å². The zero-order valence-electron chi connectivity index (χ0n) is 6.34. The number of hydrogen-bond donors (Lipinski definition) is 2. The number of carbonyl (C=O) groups is 1. The molecule has 1 atom stereocenters.